The quantitative estimate of drug-likeness (QED) is 0.416. The largest absolute Gasteiger partial charge is 0.504 e. The molecule has 0 unspecified atom stereocenters. The van der Waals surface area contributed by atoms with Crippen LogP contribution in [0.1, 0.15) is 50.6 Å². The number of hydrogen-bond donors (Lipinski definition) is 4. The SMILES string of the molecule is CNCc1cccc(C2CCN(C(=O)c3cccc(NC(=O)c4ccc(O)c(O)c4)c3)CC2)c1. The molecule has 2 amide bonds. The number of rotatable bonds is 6. The Bertz CT molecular complexity index is 1190. The third-order valence-electron chi connectivity index (χ3n) is 6.19. The first-order chi connectivity index (χ1) is 16.4. The first-order valence-electron chi connectivity index (χ1n) is 11.4. The van der Waals surface area contributed by atoms with Crippen LogP contribution in [-0.4, -0.2) is 47.1 Å². The van der Waals surface area contributed by atoms with E-state index in [0.29, 0.717) is 30.3 Å². The molecule has 0 atom stereocenters. The third-order valence-corrected chi connectivity index (χ3v) is 6.19. The molecule has 0 radical (unpaired) electrons. The molecule has 0 spiro atoms. The van der Waals surface area contributed by atoms with Gasteiger partial charge in [0.15, 0.2) is 11.5 Å². The Hall–Kier alpha value is -3.84. The van der Waals surface area contributed by atoms with Crippen LogP contribution in [0.3, 0.4) is 0 Å². The number of carbonyl (C=O) groups excluding carboxylic acids is 2. The van der Waals surface area contributed by atoms with Crippen molar-refractivity contribution in [3.05, 3.63) is 89.0 Å². The first kappa shape index (κ1) is 23.3. The highest BCUT2D eigenvalue weighted by Gasteiger charge is 2.25. The van der Waals surface area contributed by atoms with E-state index < -0.39 is 5.91 Å². The zero-order valence-electron chi connectivity index (χ0n) is 19.1. The number of phenols is 2. The summed E-state index contributed by atoms with van der Waals surface area (Å²) in [6.45, 7) is 2.21. The van der Waals surface area contributed by atoms with E-state index in [1.165, 1.54) is 29.3 Å². The van der Waals surface area contributed by atoms with Gasteiger partial charge in [-0.3, -0.25) is 9.59 Å². The average molecular weight is 460 g/mol. The van der Waals surface area contributed by atoms with Gasteiger partial charge in [0, 0.05) is 36.4 Å². The summed E-state index contributed by atoms with van der Waals surface area (Å²) in [4.78, 5) is 27.5. The van der Waals surface area contributed by atoms with Crippen LogP contribution in [-0.2, 0) is 6.54 Å². The molecule has 1 saturated heterocycles. The lowest BCUT2D eigenvalue weighted by Gasteiger charge is -2.32. The topological polar surface area (TPSA) is 102 Å². The Balaban J connectivity index is 1.38. The van der Waals surface area contributed by atoms with E-state index in [0.717, 1.165) is 19.4 Å². The van der Waals surface area contributed by atoms with E-state index in [4.69, 9.17) is 0 Å². The molecule has 1 aliphatic heterocycles. The number of piperidine rings is 1. The number of carbonyl (C=O) groups is 2. The van der Waals surface area contributed by atoms with Crippen molar-refractivity contribution in [3.63, 3.8) is 0 Å². The van der Waals surface area contributed by atoms with Crippen LogP contribution in [0.25, 0.3) is 0 Å². The highest BCUT2D eigenvalue weighted by Crippen LogP contribution is 2.30. The van der Waals surface area contributed by atoms with Gasteiger partial charge in [-0.2, -0.15) is 0 Å². The van der Waals surface area contributed by atoms with E-state index in [2.05, 4.69) is 34.9 Å². The predicted octanol–water partition coefficient (Wildman–Crippen LogP) is 4.09. The molecule has 4 rings (SSSR count). The minimum atomic E-state index is -0.443. The molecule has 0 bridgehead atoms. The van der Waals surface area contributed by atoms with Crippen LogP contribution in [0, 0.1) is 0 Å². The summed E-state index contributed by atoms with van der Waals surface area (Å²) in [5, 5.41) is 25.0. The maximum atomic E-state index is 13.1. The van der Waals surface area contributed by atoms with E-state index in [1.807, 2.05) is 11.9 Å². The number of amides is 2. The van der Waals surface area contributed by atoms with Crippen LogP contribution in [0.4, 0.5) is 5.69 Å². The lowest BCUT2D eigenvalue weighted by Crippen LogP contribution is -2.38. The molecule has 1 heterocycles. The smallest absolute Gasteiger partial charge is 0.255 e. The summed E-state index contributed by atoms with van der Waals surface area (Å²) in [6.07, 6.45) is 1.82. The lowest BCUT2D eigenvalue weighted by atomic mass is 9.88. The van der Waals surface area contributed by atoms with Gasteiger partial charge in [-0.25, -0.2) is 0 Å². The number of phenolic OH excluding ortho intramolecular Hbond substituents is 2. The fraction of sp³-hybridized carbons (Fsp3) is 0.259. The number of benzene rings is 3. The van der Waals surface area contributed by atoms with Crippen molar-refractivity contribution in [2.24, 2.45) is 0 Å². The summed E-state index contributed by atoms with van der Waals surface area (Å²) in [6, 6.07) is 19.3. The fourth-order valence-electron chi connectivity index (χ4n) is 4.36. The molecular formula is C27H29N3O4. The molecule has 4 N–H and O–H groups in total. The van der Waals surface area contributed by atoms with Crippen molar-refractivity contribution in [1.82, 2.24) is 10.2 Å². The van der Waals surface area contributed by atoms with Crippen molar-refractivity contribution in [3.8, 4) is 11.5 Å². The molecule has 176 valence electrons. The normalized spacial score (nSPS) is 14.1. The summed E-state index contributed by atoms with van der Waals surface area (Å²) in [5.41, 5.74) is 3.79. The number of nitrogens with one attached hydrogen (secondary N) is 2. The Morgan fingerprint density at radius 1 is 0.912 bits per heavy atom. The highest BCUT2D eigenvalue weighted by atomic mass is 16.3. The second-order valence-corrected chi connectivity index (χ2v) is 8.58. The molecule has 7 heteroatoms. The van der Waals surface area contributed by atoms with Crippen molar-refractivity contribution in [2.45, 2.75) is 25.3 Å². The fourth-order valence-corrected chi connectivity index (χ4v) is 4.36. The Morgan fingerprint density at radius 3 is 2.41 bits per heavy atom. The Morgan fingerprint density at radius 2 is 1.68 bits per heavy atom. The molecule has 3 aromatic rings. The minimum absolute atomic E-state index is 0.0549. The zero-order valence-corrected chi connectivity index (χ0v) is 19.1. The van der Waals surface area contributed by atoms with Gasteiger partial charge in [0.25, 0.3) is 11.8 Å². The van der Waals surface area contributed by atoms with E-state index in [-0.39, 0.29) is 23.0 Å². The summed E-state index contributed by atoms with van der Waals surface area (Å²) in [5.74, 6) is -0.720. The molecule has 34 heavy (non-hydrogen) atoms. The predicted molar refractivity (Wildman–Crippen MR) is 131 cm³/mol. The van der Waals surface area contributed by atoms with Crippen molar-refractivity contribution in [1.29, 1.82) is 0 Å². The van der Waals surface area contributed by atoms with Crippen LogP contribution in [0.15, 0.2) is 66.7 Å². The van der Waals surface area contributed by atoms with Gasteiger partial charge in [-0.15, -0.1) is 0 Å². The van der Waals surface area contributed by atoms with Gasteiger partial charge >= 0.3 is 0 Å². The average Bonchev–Trinajstić information content (AvgIpc) is 2.86. The second kappa shape index (κ2) is 10.4. The standard InChI is InChI=1S/C27H29N3O4/c1-28-17-18-4-2-5-20(14-18)19-10-12-30(13-11-19)27(34)22-6-3-7-23(15-22)29-26(33)21-8-9-24(31)25(32)16-21/h2-9,14-16,19,28,31-32H,10-13,17H2,1H3,(H,29,33). The molecule has 0 aromatic heterocycles. The second-order valence-electron chi connectivity index (χ2n) is 8.58. The van der Waals surface area contributed by atoms with Crippen molar-refractivity contribution < 1.29 is 19.8 Å². The number of nitrogens with zero attached hydrogens (tertiary/aromatic N) is 1. The molecule has 1 fully saturated rings. The van der Waals surface area contributed by atoms with Gasteiger partial charge in [-0.1, -0.05) is 30.3 Å². The highest BCUT2D eigenvalue weighted by molar-refractivity contribution is 6.05. The van der Waals surface area contributed by atoms with E-state index >= 15 is 0 Å². The van der Waals surface area contributed by atoms with Crippen LogP contribution in [0.5, 0.6) is 11.5 Å². The van der Waals surface area contributed by atoms with Gasteiger partial charge in [0.2, 0.25) is 0 Å². The molecule has 7 nitrogen and oxygen atoms in total. The number of anilines is 1. The van der Waals surface area contributed by atoms with Crippen LogP contribution >= 0.6 is 0 Å². The maximum Gasteiger partial charge on any atom is 0.255 e. The minimum Gasteiger partial charge on any atom is -0.504 e. The van der Waals surface area contributed by atoms with Crippen LogP contribution in [0.2, 0.25) is 0 Å². The number of likely N-dealkylation sites (tertiary alicyclic amines) is 1. The zero-order chi connectivity index (χ0) is 24.1. The Kier molecular flexibility index (Phi) is 7.13. The molecule has 0 saturated carbocycles. The monoisotopic (exact) mass is 459 g/mol. The van der Waals surface area contributed by atoms with Gasteiger partial charge in [0.05, 0.1) is 0 Å². The maximum absolute atomic E-state index is 13.1. The van der Waals surface area contributed by atoms with Gasteiger partial charge < -0.3 is 25.7 Å². The summed E-state index contributed by atoms with van der Waals surface area (Å²) >= 11 is 0. The van der Waals surface area contributed by atoms with Crippen molar-refractivity contribution >= 4 is 17.5 Å². The van der Waals surface area contributed by atoms with E-state index in [9.17, 15) is 19.8 Å². The van der Waals surface area contributed by atoms with Crippen LogP contribution < -0.4 is 10.6 Å². The molecule has 3 aromatic carbocycles. The molecule has 1 aliphatic rings. The molecule has 0 aliphatic carbocycles. The first-order valence-corrected chi connectivity index (χ1v) is 11.4. The lowest BCUT2D eigenvalue weighted by molar-refractivity contribution is 0.0712. The third kappa shape index (κ3) is 5.38. The number of aromatic hydroxyl groups is 2. The number of hydrogen-bond acceptors (Lipinski definition) is 5. The van der Waals surface area contributed by atoms with Gasteiger partial charge in [0.1, 0.15) is 0 Å². The van der Waals surface area contributed by atoms with E-state index in [1.54, 1.807) is 24.3 Å². The molecular weight excluding hydrogens is 430 g/mol. The summed E-state index contributed by atoms with van der Waals surface area (Å²) < 4.78 is 0. The Labute approximate surface area is 199 Å². The van der Waals surface area contributed by atoms with Gasteiger partial charge in [-0.05, 0) is 73.3 Å². The van der Waals surface area contributed by atoms with Crippen molar-refractivity contribution in [2.75, 3.05) is 25.5 Å². The summed E-state index contributed by atoms with van der Waals surface area (Å²) in [7, 11) is 1.94.